The van der Waals surface area contributed by atoms with Gasteiger partial charge in [-0.25, -0.2) is 4.79 Å². The summed E-state index contributed by atoms with van der Waals surface area (Å²) in [6, 6.07) is 8.60. The Balaban J connectivity index is 1.86. The van der Waals surface area contributed by atoms with E-state index in [0.29, 0.717) is 22.8 Å². The molecule has 0 aliphatic heterocycles. The predicted octanol–water partition coefficient (Wildman–Crippen LogP) is 2.92. The Labute approximate surface area is 126 Å². The zero-order valence-electron chi connectivity index (χ0n) is 12.2. The number of H-pyrrole nitrogens is 1. The van der Waals surface area contributed by atoms with Gasteiger partial charge in [-0.1, -0.05) is 0 Å². The van der Waals surface area contributed by atoms with Crippen molar-refractivity contribution in [3.05, 3.63) is 42.2 Å². The number of hydrogen-bond donors (Lipinski definition) is 3. The van der Waals surface area contributed by atoms with Gasteiger partial charge in [0.15, 0.2) is 5.82 Å². The normalized spacial score (nSPS) is 10.5. The molecule has 22 heavy (non-hydrogen) atoms. The maximum absolute atomic E-state index is 12.1. The first-order valence-electron chi connectivity index (χ1n) is 6.69. The lowest BCUT2D eigenvalue weighted by atomic mass is 10.1. The van der Waals surface area contributed by atoms with Crippen molar-refractivity contribution in [2.75, 3.05) is 17.7 Å². The molecule has 3 N–H and O–H groups in total. The molecule has 3 rings (SSSR count). The van der Waals surface area contributed by atoms with Crippen LogP contribution in [-0.4, -0.2) is 28.3 Å². The number of methoxy groups -OCH3 is 1. The summed E-state index contributed by atoms with van der Waals surface area (Å²) in [5.41, 5.74) is 2.21. The van der Waals surface area contributed by atoms with E-state index in [-0.39, 0.29) is 6.03 Å². The van der Waals surface area contributed by atoms with Gasteiger partial charge in [0.2, 0.25) is 0 Å². The Bertz CT molecular complexity index is 828. The minimum Gasteiger partial charge on any atom is -0.494 e. The molecular formula is C15H15N5O2. The molecule has 0 saturated carbocycles. The molecule has 2 heterocycles. The lowest BCUT2D eigenvalue weighted by Gasteiger charge is -2.11. The lowest BCUT2D eigenvalue weighted by molar-refractivity contribution is 0.262. The highest BCUT2D eigenvalue weighted by molar-refractivity contribution is 6.06. The van der Waals surface area contributed by atoms with E-state index in [1.165, 1.54) is 0 Å². The van der Waals surface area contributed by atoms with E-state index in [1.807, 2.05) is 19.1 Å². The molecule has 2 amide bonds. The van der Waals surface area contributed by atoms with Crippen LogP contribution in [-0.2, 0) is 0 Å². The minimum atomic E-state index is -0.373. The number of rotatable bonds is 3. The molecule has 112 valence electrons. The van der Waals surface area contributed by atoms with Crippen LogP contribution < -0.4 is 15.4 Å². The number of aryl methyl sites for hydroxylation is 1. The number of nitrogens with one attached hydrogen (secondary N) is 3. The van der Waals surface area contributed by atoms with Gasteiger partial charge < -0.3 is 10.1 Å². The van der Waals surface area contributed by atoms with E-state index in [9.17, 15) is 4.79 Å². The lowest BCUT2D eigenvalue weighted by Crippen LogP contribution is -2.19. The minimum absolute atomic E-state index is 0.373. The summed E-state index contributed by atoms with van der Waals surface area (Å²) in [7, 11) is 1.59. The third-order valence-electron chi connectivity index (χ3n) is 3.15. The quantitative estimate of drug-likeness (QED) is 0.693. The molecule has 0 aliphatic rings. The van der Waals surface area contributed by atoms with E-state index >= 15 is 0 Å². The van der Waals surface area contributed by atoms with Crippen LogP contribution in [0.1, 0.15) is 5.69 Å². The van der Waals surface area contributed by atoms with Crippen LogP contribution in [0.2, 0.25) is 0 Å². The van der Waals surface area contributed by atoms with Gasteiger partial charge >= 0.3 is 6.03 Å². The third-order valence-corrected chi connectivity index (χ3v) is 3.15. The van der Waals surface area contributed by atoms with Crippen LogP contribution >= 0.6 is 0 Å². The number of hydrogen-bond acceptors (Lipinski definition) is 4. The molecule has 0 bridgehead atoms. The zero-order valence-corrected chi connectivity index (χ0v) is 12.2. The molecule has 0 aliphatic carbocycles. The standard InChI is InChI=1S/C15H15N5O2/c1-9-8-13(20-19-9)18-15(21)17-11-5-6-12(22-2)14-10(11)4-3-7-16-14/h3-8H,1-2H3,(H3,17,18,19,20,21). The summed E-state index contributed by atoms with van der Waals surface area (Å²) >= 11 is 0. The highest BCUT2D eigenvalue weighted by atomic mass is 16.5. The van der Waals surface area contributed by atoms with Crippen molar-refractivity contribution in [3.8, 4) is 5.75 Å². The summed E-state index contributed by atoms with van der Waals surface area (Å²) in [6.45, 7) is 1.86. The molecule has 2 aromatic heterocycles. The monoisotopic (exact) mass is 297 g/mol. The molecule has 0 unspecified atom stereocenters. The molecule has 7 nitrogen and oxygen atoms in total. The van der Waals surface area contributed by atoms with Gasteiger partial charge in [0.05, 0.1) is 12.8 Å². The van der Waals surface area contributed by atoms with Crippen LogP contribution in [0, 0.1) is 6.92 Å². The maximum atomic E-state index is 12.1. The molecule has 0 spiro atoms. The van der Waals surface area contributed by atoms with E-state index < -0.39 is 0 Å². The summed E-state index contributed by atoms with van der Waals surface area (Å²) in [5.74, 6) is 1.12. The van der Waals surface area contributed by atoms with E-state index in [1.54, 1.807) is 31.5 Å². The summed E-state index contributed by atoms with van der Waals surface area (Å²) < 4.78 is 5.28. The fourth-order valence-corrected chi connectivity index (χ4v) is 2.17. The van der Waals surface area contributed by atoms with Crippen LogP contribution in [0.3, 0.4) is 0 Å². The number of carbonyl (C=O) groups is 1. The average Bonchev–Trinajstić information content (AvgIpc) is 2.92. The summed E-state index contributed by atoms with van der Waals surface area (Å²) in [4.78, 5) is 16.4. The van der Waals surface area contributed by atoms with Gasteiger partial charge in [0.1, 0.15) is 11.3 Å². The number of amides is 2. The molecule has 7 heteroatoms. The van der Waals surface area contributed by atoms with Crippen molar-refractivity contribution in [1.29, 1.82) is 0 Å². The number of aromatic amines is 1. The number of carbonyl (C=O) groups excluding carboxylic acids is 1. The van der Waals surface area contributed by atoms with E-state index in [0.717, 1.165) is 11.1 Å². The Hall–Kier alpha value is -3.09. The Morgan fingerprint density at radius 1 is 1.27 bits per heavy atom. The first-order chi connectivity index (χ1) is 10.7. The van der Waals surface area contributed by atoms with Gasteiger partial charge in [-0.2, -0.15) is 5.10 Å². The van der Waals surface area contributed by atoms with Crippen LogP contribution in [0.15, 0.2) is 36.5 Å². The van der Waals surface area contributed by atoms with Crippen molar-refractivity contribution in [2.24, 2.45) is 0 Å². The van der Waals surface area contributed by atoms with Gasteiger partial charge in [-0.05, 0) is 31.2 Å². The largest absolute Gasteiger partial charge is 0.494 e. The van der Waals surface area contributed by atoms with Crippen molar-refractivity contribution in [3.63, 3.8) is 0 Å². The van der Waals surface area contributed by atoms with E-state index in [2.05, 4.69) is 25.8 Å². The van der Waals surface area contributed by atoms with Gasteiger partial charge in [0.25, 0.3) is 0 Å². The fourth-order valence-electron chi connectivity index (χ4n) is 2.17. The molecule has 0 saturated heterocycles. The summed E-state index contributed by atoms with van der Waals surface area (Å²) in [6.07, 6.45) is 1.68. The topological polar surface area (TPSA) is 91.9 Å². The smallest absolute Gasteiger partial charge is 0.324 e. The molecule has 0 atom stereocenters. The Morgan fingerprint density at radius 3 is 2.86 bits per heavy atom. The summed E-state index contributed by atoms with van der Waals surface area (Å²) in [5, 5.41) is 13.0. The molecule has 3 aromatic rings. The number of nitrogens with zero attached hydrogens (tertiary/aromatic N) is 2. The zero-order chi connectivity index (χ0) is 15.5. The van der Waals surface area contributed by atoms with Crippen molar-refractivity contribution < 1.29 is 9.53 Å². The maximum Gasteiger partial charge on any atom is 0.324 e. The number of aromatic nitrogens is 3. The number of urea groups is 1. The first kappa shape index (κ1) is 13.9. The fraction of sp³-hybridized carbons (Fsp3) is 0.133. The van der Waals surface area contributed by atoms with Crippen LogP contribution in [0.5, 0.6) is 5.75 Å². The van der Waals surface area contributed by atoms with Crippen LogP contribution in [0.4, 0.5) is 16.3 Å². The number of pyridine rings is 1. The van der Waals surface area contributed by atoms with Crippen LogP contribution in [0.25, 0.3) is 10.9 Å². The molecule has 1 aromatic carbocycles. The van der Waals surface area contributed by atoms with Gasteiger partial charge in [0, 0.05) is 23.3 Å². The predicted molar refractivity (Wildman–Crippen MR) is 84.3 cm³/mol. The van der Waals surface area contributed by atoms with Crippen molar-refractivity contribution in [1.82, 2.24) is 15.2 Å². The second-order valence-corrected chi connectivity index (χ2v) is 4.73. The highest BCUT2D eigenvalue weighted by Crippen LogP contribution is 2.29. The SMILES string of the molecule is COc1ccc(NC(=O)Nc2cc(C)[nH]n2)c2cccnc12. The molecular weight excluding hydrogens is 282 g/mol. The van der Waals surface area contributed by atoms with Crippen molar-refractivity contribution in [2.45, 2.75) is 6.92 Å². The number of anilines is 2. The van der Waals surface area contributed by atoms with E-state index in [4.69, 9.17) is 4.74 Å². The number of fused-ring (bicyclic) bond motifs is 1. The second-order valence-electron chi connectivity index (χ2n) is 4.73. The average molecular weight is 297 g/mol. The highest BCUT2D eigenvalue weighted by Gasteiger charge is 2.10. The van der Waals surface area contributed by atoms with Gasteiger partial charge in [-0.15, -0.1) is 0 Å². The van der Waals surface area contributed by atoms with Crippen molar-refractivity contribution >= 4 is 28.4 Å². The Kier molecular flexibility index (Phi) is 3.61. The van der Waals surface area contributed by atoms with Gasteiger partial charge in [-0.3, -0.25) is 15.4 Å². The third kappa shape index (κ3) is 2.69. The number of ether oxygens (including phenoxy) is 1. The Morgan fingerprint density at radius 2 is 2.14 bits per heavy atom. The molecule has 0 radical (unpaired) electrons. The molecule has 0 fully saturated rings. The second kappa shape index (κ2) is 5.72. The first-order valence-corrected chi connectivity index (χ1v) is 6.69. The number of benzene rings is 1.